The Bertz CT molecular complexity index is 624. The largest absolute Gasteiger partial charge is 0.293 e. The third-order valence-corrected chi connectivity index (χ3v) is 4.73. The summed E-state index contributed by atoms with van der Waals surface area (Å²) < 4.78 is 1.77. The molecule has 0 bridgehead atoms. The first-order chi connectivity index (χ1) is 10.8. The molecule has 1 fully saturated rings. The van der Waals surface area contributed by atoms with E-state index in [9.17, 15) is 4.79 Å². The third-order valence-electron chi connectivity index (χ3n) is 3.79. The Morgan fingerprint density at radius 2 is 2.00 bits per heavy atom. The van der Waals surface area contributed by atoms with Crippen molar-refractivity contribution in [3.8, 4) is 5.69 Å². The lowest BCUT2D eigenvalue weighted by Gasteiger charge is -2.30. The van der Waals surface area contributed by atoms with Crippen LogP contribution in [-0.4, -0.2) is 56.2 Å². The molecular weight excluding hydrogens is 298 g/mol. The fourth-order valence-electron chi connectivity index (χ4n) is 2.44. The number of thioether (sulfide) groups is 1. The topological polar surface area (TPSA) is 63.1 Å². The molecular formula is C15H19N5OS. The Labute approximate surface area is 133 Å². The van der Waals surface area contributed by atoms with Crippen molar-refractivity contribution in [2.45, 2.75) is 13.0 Å². The molecule has 0 saturated carbocycles. The van der Waals surface area contributed by atoms with Crippen LogP contribution in [0.5, 0.6) is 0 Å². The SMILES string of the molecule is C[C@@H](C(=O)Nc1nncn1-c1ccccc1)N1CCSCC1. The Morgan fingerprint density at radius 1 is 1.27 bits per heavy atom. The molecule has 1 aliphatic heterocycles. The van der Waals surface area contributed by atoms with Crippen molar-refractivity contribution >= 4 is 23.6 Å². The molecule has 3 rings (SSSR count). The highest BCUT2D eigenvalue weighted by Gasteiger charge is 2.24. The summed E-state index contributed by atoms with van der Waals surface area (Å²) >= 11 is 1.93. The molecule has 7 heteroatoms. The summed E-state index contributed by atoms with van der Waals surface area (Å²) in [5, 5.41) is 10.8. The van der Waals surface area contributed by atoms with Gasteiger partial charge in [-0.3, -0.25) is 19.6 Å². The standard InChI is InChI=1S/C15H19N5OS/c1-12(19-7-9-22-10-8-19)14(21)17-15-18-16-11-20(15)13-5-3-2-4-6-13/h2-6,11-12H,7-10H2,1H3,(H,17,18,21)/t12-/m0/s1. The number of nitrogens with zero attached hydrogens (tertiary/aromatic N) is 4. The van der Waals surface area contributed by atoms with E-state index in [-0.39, 0.29) is 11.9 Å². The van der Waals surface area contributed by atoms with Gasteiger partial charge in [-0.05, 0) is 19.1 Å². The Balaban J connectivity index is 1.71. The molecule has 1 aromatic heterocycles. The third kappa shape index (κ3) is 3.31. The molecule has 0 spiro atoms. The minimum absolute atomic E-state index is 0.0444. The minimum atomic E-state index is -0.165. The van der Waals surface area contributed by atoms with Gasteiger partial charge in [0.15, 0.2) is 0 Å². The van der Waals surface area contributed by atoms with Crippen molar-refractivity contribution in [1.29, 1.82) is 0 Å². The number of amides is 1. The van der Waals surface area contributed by atoms with Crippen LogP contribution in [-0.2, 0) is 4.79 Å². The maximum atomic E-state index is 12.5. The van der Waals surface area contributed by atoms with Gasteiger partial charge in [0.1, 0.15) is 6.33 Å². The van der Waals surface area contributed by atoms with Crippen LogP contribution in [0.25, 0.3) is 5.69 Å². The zero-order chi connectivity index (χ0) is 15.4. The van der Waals surface area contributed by atoms with Crippen LogP contribution in [0.2, 0.25) is 0 Å². The first kappa shape index (κ1) is 15.1. The fourth-order valence-corrected chi connectivity index (χ4v) is 3.37. The van der Waals surface area contributed by atoms with Crippen LogP contribution >= 0.6 is 11.8 Å². The number of para-hydroxylation sites is 1. The molecule has 0 radical (unpaired) electrons. The number of nitrogens with one attached hydrogen (secondary N) is 1. The van der Waals surface area contributed by atoms with Crippen LogP contribution < -0.4 is 5.32 Å². The number of benzene rings is 1. The number of carbonyl (C=O) groups excluding carboxylic acids is 1. The van der Waals surface area contributed by atoms with Gasteiger partial charge in [0.2, 0.25) is 11.9 Å². The summed E-state index contributed by atoms with van der Waals surface area (Å²) in [6.07, 6.45) is 1.60. The molecule has 1 aromatic carbocycles. The molecule has 1 aliphatic rings. The summed E-state index contributed by atoms with van der Waals surface area (Å²) in [4.78, 5) is 14.7. The number of carbonyl (C=O) groups is 1. The second kappa shape index (κ2) is 6.93. The first-order valence-corrected chi connectivity index (χ1v) is 8.49. The first-order valence-electron chi connectivity index (χ1n) is 7.34. The zero-order valence-corrected chi connectivity index (χ0v) is 13.3. The number of anilines is 1. The highest BCUT2D eigenvalue weighted by atomic mass is 32.2. The zero-order valence-electron chi connectivity index (χ0n) is 12.5. The van der Waals surface area contributed by atoms with Gasteiger partial charge < -0.3 is 0 Å². The van der Waals surface area contributed by atoms with E-state index in [0.29, 0.717) is 5.95 Å². The molecule has 1 atom stereocenters. The van der Waals surface area contributed by atoms with Gasteiger partial charge in [0, 0.05) is 24.6 Å². The van der Waals surface area contributed by atoms with Gasteiger partial charge in [-0.2, -0.15) is 11.8 Å². The lowest BCUT2D eigenvalue weighted by molar-refractivity contribution is -0.120. The maximum Gasteiger partial charge on any atom is 0.243 e. The molecule has 6 nitrogen and oxygen atoms in total. The monoisotopic (exact) mass is 317 g/mol. The Morgan fingerprint density at radius 3 is 2.73 bits per heavy atom. The quantitative estimate of drug-likeness (QED) is 0.929. The molecule has 1 saturated heterocycles. The Kier molecular flexibility index (Phi) is 4.74. The van der Waals surface area contributed by atoms with Crippen molar-refractivity contribution in [3.63, 3.8) is 0 Å². The predicted molar refractivity (Wildman–Crippen MR) is 88.3 cm³/mol. The van der Waals surface area contributed by atoms with Crippen LogP contribution in [0.1, 0.15) is 6.92 Å². The van der Waals surface area contributed by atoms with E-state index in [1.54, 1.807) is 10.9 Å². The molecule has 1 amide bonds. The van der Waals surface area contributed by atoms with Gasteiger partial charge in [-0.25, -0.2) is 0 Å². The second-order valence-corrected chi connectivity index (χ2v) is 6.40. The summed E-state index contributed by atoms with van der Waals surface area (Å²) in [6, 6.07) is 9.56. The minimum Gasteiger partial charge on any atom is -0.293 e. The van der Waals surface area contributed by atoms with Crippen LogP contribution in [0.3, 0.4) is 0 Å². The number of aromatic nitrogens is 3. The van der Waals surface area contributed by atoms with Crippen molar-refractivity contribution < 1.29 is 4.79 Å². The highest BCUT2D eigenvalue weighted by Crippen LogP contribution is 2.15. The molecule has 116 valence electrons. The lowest BCUT2D eigenvalue weighted by Crippen LogP contribution is -2.46. The number of hydrogen-bond acceptors (Lipinski definition) is 5. The van der Waals surface area contributed by atoms with Crippen molar-refractivity contribution in [2.24, 2.45) is 0 Å². The van der Waals surface area contributed by atoms with Crippen LogP contribution in [0, 0.1) is 0 Å². The lowest BCUT2D eigenvalue weighted by atomic mass is 10.2. The van der Waals surface area contributed by atoms with Crippen molar-refractivity contribution in [1.82, 2.24) is 19.7 Å². The van der Waals surface area contributed by atoms with Crippen molar-refractivity contribution in [3.05, 3.63) is 36.7 Å². The molecule has 0 unspecified atom stereocenters. The molecule has 1 N–H and O–H groups in total. The van der Waals surface area contributed by atoms with E-state index < -0.39 is 0 Å². The molecule has 2 heterocycles. The molecule has 22 heavy (non-hydrogen) atoms. The smallest absolute Gasteiger partial charge is 0.243 e. The summed E-state index contributed by atoms with van der Waals surface area (Å²) in [5.41, 5.74) is 0.921. The predicted octanol–water partition coefficient (Wildman–Crippen LogP) is 1.64. The second-order valence-electron chi connectivity index (χ2n) is 5.17. The number of rotatable bonds is 4. The maximum absolute atomic E-state index is 12.5. The normalized spacial score (nSPS) is 17.1. The van der Waals surface area contributed by atoms with Crippen molar-refractivity contribution in [2.75, 3.05) is 29.9 Å². The molecule has 0 aliphatic carbocycles. The van der Waals surface area contributed by atoms with E-state index in [1.807, 2.05) is 49.0 Å². The van der Waals surface area contributed by atoms with E-state index in [0.717, 1.165) is 30.3 Å². The average molecular weight is 317 g/mol. The van der Waals surface area contributed by atoms with Gasteiger partial charge in [0.25, 0.3) is 0 Å². The van der Waals surface area contributed by atoms with Gasteiger partial charge in [0.05, 0.1) is 11.7 Å². The Hall–Kier alpha value is -1.86. The summed E-state index contributed by atoms with van der Waals surface area (Å²) in [7, 11) is 0. The van der Waals surface area contributed by atoms with Crippen LogP contribution in [0.4, 0.5) is 5.95 Å². The molecule has 2 aromatic rings. The van der Waals surface area contributed by atoms with E-state index >= 15 is 0 Å². The van der Waals surface area contributed by atoms with E-state index in [1.165, 1.54) is 0 Å². The number of hydrogen-bond donors (Lipinski definition) is 1. The van der Waals surface area contributed by atoms with Gasteiger partial charge in [-0.1, -0.05) is 18.2 Å². The van der Waals surface area contributed by atoms with Crippen LogP contribution in [0.15, 0.2) is 36.7 Å². The van der Waals surface area contributed by atoms with Gasteiger partial charge in [-0.15, -0.1) is 10.2 Å². The van der Waals surface area contributed by atoms with E-state index in [2.05, 4.69) is 20.4 Å². The summed E-state index contributed by atoms with van der Waals surface area (Å²) in [5.74, 6) is 2.57. The summed E-state index contributed by atoms with van der Waals surface area (Å²) in [6.45, 7) is 3.84. The fraction of sp³-hybridized carbons (Fsp3) is 0.400. The average Bonchev–Trinajstić information content (AvgIpc) is 3.04. The van der Waals surface area contributed by atoms with E-state index in [4.69, 9.17) is 0 Å². The highest BCUT2D eigenvalue weighted by molar-refractivity contribution is 7.99. The van der Waals surface area contributed by atoms with Gasteiger partial charge >= 0.3 is 0 Å².